The number of hydrogen-bond donors (Lipinski definition) is 1. The van der Waals surface area contributed by atoms with Crippen LogP contribution in [0, 0.1) is 5.82 Å². The number of fused-ring (bicyclic) bond motifs is 1. The molecule has 140 valence electrons. The second-order valence-corrected chi connectivity index (χ2v) is 6.73. The number of nitrogens with zero attached hydrogens (tertiary/aromatic N) is 1. The molecule has 0 bridgehead atoms. The van der Waals surface area contributed by atoms with Crippen molar-refractivity contribution in [1.82, 2.24) is 0 Å². The van der Waals surface area contributed by atoms with Gasteiger partial charge in [0, 0.05) is 29.0 Å². The number of hydrogen-bond acceptors (Lipinski definition) is 2. The van der Waals surface area contributed by atoms with Crippen LogP contribution in [0.1, 0.15) is 32.7 Å². The fraction of sp³-hybridized carbons (Fsp3) is 0.130. The molecule has 28 heavy (non-hydrogen) atoms. The first-order valence-corrected chi connectivity index (χ1v) is 9.18. The highest BCUT2D eigenvalue weighted by atomic mass is 19.1. The molecule has 0 aromatic heterocycles. The van der Waals surface area contributed by atoms with Crippen LogP contribution >= 0.6 is 0 Å². The Morgan fingerprint density at radius 3 is 2.46 bits per heavy atom. The van der Waals surface area contributed by atoms with Gasteiger partial charge in [0.2, 0.25) is 0 Å². The van der Waals surface area contributed by atoms with Gasteiger partial charge >= 0.3 is 0 Å². The van der Waals surface area contributed by atoms with Gasteiger partial charge in [0.25, 0.3) is 11.8 Å². The van der Waals surface area contributed by atoms with E-state index in [1.807, 2.05) is 24.3 Å². The molecule has 1 aliphatic heterocycles. The molecule has 1 heterocycles. The smallest absolute Gasteiger partial charge is 0.258 e. The molecule has 0 atom stereocenters. The van der Waals surface area contributed by atoms with Crippen molar-refractivity contribution in [2.75, 3.05) is 16.8 Å². The van der Waals surface area contributed by atoms with Gasteiger partial charge in [-0.2, -0.15) is 0 Å². The van der Waals surface area contributed by atoms with E-state index in [1.54, 1.807) is 29.2 Å². The number of carbonyl (C=O) groups is 2. The van der Waals surface area contributed by atoms with Crippen LogP contribution in [0.15, 0.2) is 72.8 Å². The predicted molar refractivity (Wildman–Crippen MR) is 107 cm³/mol. The van der Waals surface area contributed by atoms with E-state index in [-0.39, 0.29) is 17.6 Å². The molecular weight excluding hydrogens is 355 g/mol. The van der Waals surface area contributed by atoms with E-state index >= 15 is 0 Å². The van der Waals surface area contributed by atoms with Crippen LogP contribution in [0.5, 0.6) is 0 Å². The summed E-state index contributed by atoms with van der Waals surface area (Å²) >= 11 is 0. The third-order valence-corrected chi connectivity index (χ3v) is 4.83. The number of carbonyl (C=O) groups excluding carboxylic acids is 2. The first-order chi connectivity index (χ1) is 13.6. The summed E-state index contributed by atoms with van der Waals surface area (Å²) in [4.78, 5) is 27.4. The molecule has 3 aromatic carbocycles. The highest BCUT2D eigenvalue weighted by Crippen LogP contribution is 2.28. The number of halogens is 1. The lowest BCUT2D eigenvalue weighted by atomic mass is 10.0. The van der Waals surface area contributed by atoms with E-state index in [0.29, 0.717) is 23.4 Å². The number of rotatable bonds is 3. The first-order valence-electron chi connectivity index (χ1n) is 9.18. The van der Waals surface area contributed by atoms with Crippen LogP contribution in [0.3, 0.4) is 0 Å². The molecule has 0 saturated carbocycles. The van der Waals surface area contributed by atoms with E-state index in [2.05, 4.69) is 5.32 Å². The zero-order valence-corrected chi connectivity index (χ0v) is 15.2. The van der Waals surface area contributed by atoms with Gasteiger partial charge in [0.05, 0.1) is 0 Å². The lowest BCUT2D eigenvalue weighted by molar-refractivity contribution is 0.0985. The highest BCUT2D eigenvalue weighted by Gasteiger charge is 2.23. The Bertz CT molecular complexity index is 1030. The maximum absolute atomic E-state index is 13.1. The van der Waals surface area contributed by atoms with Gasteiger partial charge in [-0.3, -0.25) is 9.59 Å². The zero-order chi connectivity index (χ0) is 19.5. The van der Waals surface area contributed by atoms with Crippen LogP contribution in [-0.4, -0.2) is 18.4 Å². The molecule has 4 nitrogen and oxygen atoms in total. The van der Waals surface area contributed by atoms with E-state index < -0.39 is 0 Å². The number of aryl methyl sites for hydroxylation is 1. The van der Waals surface area contributed by atoms with Gasteiger partial charge < -0.3 is 10.2 Å². The van der Waals surface area contributed by atoms with Gasteiger partial charge in [0.15, 0.2) is 0 Å². The highest BCUT2D eigenvalue weighted by molar-refractivity contribution is 6.10. The summed E-state index contributed by atoms with van der Waals surface area (Å²) in [5.74, 6) is -0.837. The molecule has 1 N–H and O–H groups in total. The quantitative estimate of drug-likeness (QED) is 0.724. The number of nitrogens with one attached hydrogen (secondary N) is 1. The maximum atomic E-state index is 13.1. The van der Waals surface area contributed by atoms with Crippen molar-refractivity contribution in [3.05, 3.63) is 95.3 Å². The fourth-order valence-corrected chi connectivity index (χ4v) is 3.43. The van der Waals surface area contributed by atoms with Gasteiger partial charge in [-0.1, -0.05) is 24.3 Å². The Balaban J connectivity index is 1.56. The van der Waals surface area contributed by atoms with Crippen molar-refractivity contribution in [1.29, 1.82) is 0 Å². The Morgan fingerprint density at radius 2 is 1.64 bits per heavy atom. The minimum absolute atomic E-state index is 0.122. The lowest BCUT2D eigenvalue weighted by Crippen LogP contribution is -2.35. The second kappa shape index (κ2) is 7.64. The van der Waals surface area contributed by atoms with Crippen molar-refractivity contribution < 1.29 is 14.0 Å². The standard InChI is InChI=1S/C23H19FN2O2/c24-19-10-12-20(13-11-19)25-22(27)17-6-3-7-18(15-17)23(28)26-14-4-8-16-5-1-2-9-21(16)26/h1-3,5-7,9-13,15H,4,8,14H2,(H,25,27). The Morgan fingerprint density at radius 1 is 0.893 bits per heavy atom. The molecule has 5 heteroatoms. The predicted octanol–water partition coefficient (Wildman–Crippen LogP) is 4.67. The number of anilines is 2. The maximum Gasteiger partial charge on any atom is 0.258 e. The van der Waals surface area contributed by atoms with Crippen LogP contribution < -0.4 is 10.2 Å². The van der Waals surface area contributed by atoms with Crippen molar-refractivity contribution in [2.24, 2.45) is 0 Å². The van der Waals surface area contributed by atoms with Crippen molar-refractivity contribution in [2.45, 2.75) is 12.8 Å². The average Bonchev–Trinajstić information content (AvgIpc) is 2.74. The monoisotopic (exact) mass is 374 g/mol. The second-order valence-electron chi connectivity index (χ2n) is 6.73. The minimum Gasteiger partial charge on any atom is -0.322 e. The van der Waals surface area contributed by atoms with E-state index in [9.17, 15) is 14.0 Å². The summed E-state index contributed by atoms with van der Waals surface area (Å²) in [7, 11) is 0. The third kappa shape index (κ3) is 3.64. The van der Waals surface area contributed by atoms with Gasteiger partial charge in [-0.25, -0.2) is 4.39 Å². The Labute approximate surface area is 162 Å². The molecule has 0 fully saturated rings. The van der Waals surface area contributed by atoms with Crippen molar-refractivity contribution in [3.8, 4) is 0 Å². The molecule has 0 saturated heterocycles. The van der Waals surface area contributed by atoms with E-state index in [0.717, 1.165) is 24.1 Å². The molecule has 0 unspecified atom stereocenters. The van der Waals surface area contributed by atoms with E-state index in [1.165, 1.54) is 24.3 Å². The first kappa shape index (κ1) is 17.9. The zero-order valence-electron chi connectivity index (χ0n) is 15.2. The van der Waals surface area contributed by atoms with Crippen LogP contribution in [0.4, 0.5) is 15.8 Å². The summed E-state index contributed by atoms with van der Waals surface area (Å²) < 4.78 is 13.0. The van der Waals surface area contributed by atoms with Gasteiger partial charge in [0.1, 0.15) is 5.82 Å². The molecule has 1 aliphatic rings. The summed E-state index contributed by atoms with van der Waals surface area (Å²) in [5, 5.41) is 2.72. The normalized spacial score (nSPS) is 13.0. The van der Waals surface area contributed by atoms with Crippen LogP contribution in [-0.2, 0) is 6.42 Å². The SMILES string of the molecule is O=C(Nc1ccc(F)cc1)c1cccc(C(=O)N2CCCc3ccccc32)c1. The lowest BCUT2D eigenvalue weighted by Gasteiger charge is -2.29. The van der Waals surface area contributed by atoms with Crippen molar-refractivity contribution >= 4 is 23.2 Å². The Kier molecular flexibility index (Phi) is 4.89. The number of para-hydroxylation sites is 1. The third-order valence-electron chi connectivity index (χ3n) is 4.83. The number of amides is 2. The molecule has 3 aromatic rings. The minimum atomic E-state index is -0.368. The largest absolute Gasteiger partial charge is 0.322 e. The molecule has 0 aliphatic carbocycles. The topological polar surface area (TPSA) is 49.4 Å². The molecule has 4 rings (SSSR count). The summed E-state index contributed by atoms with van der Waals surface area (Å²) in [6.45, 7) is 0.655. The van der Waals surface area contributed by atoms with Crippen LogP contribution in [0.2, 0.25) is 0 Å². The molecule has 0 spiro atoms. The van der Waals surface area contributed by atoms with E-state index in [4.69, 9.17) is 0 Å². The fourth-order valence-electron chi connectivity index (χ4n) is 3.43. The summed E-state index contributed by atoms with van der Waals surface area (Å²) in [6.07, 6.45) is 1.87. The molecule has 0 radical (unpaired) electrons. The Hall–Kier alpha value is -3.47. The summed E-state index contributed by atoms with van der Waals surface area (Å²) in [6, 6.07) is 20.1. The van der Waals surface area contributed by atoms with Crippen molar-refractivity contribution in [3.63, 3.8) is 0 Å². The van der Waals surface area contributed by atoms with Crippen LogP contribution in [0.25, 0.3) is 0 Å². The average molecular weight is 374 g/mol. The number of benzene rings is 3. The molecule has 2 amide bonds. The van der Waals surface area contributed by atoms with Gasteiger partial charge in [-0.05, 0) is 66.9 Å². The molecular formula is C23H19FN2O2. The summed E-state index contributed by atoms with van der Waals surface area (Å²) in [5.41, 5.74) is 3.42. The van der Waals surface area contributed by atoms with Gasteiger partial charge in [-0.15, -0.1) is 0 Å².